The second-order valence-electron chi connectivity index (χ2n) is 3.97. The van der Waals surface area contributed by atoms with Gasteiger partial charge in [-0.1, -0.05) is 0 Å². The Kier molecular flexibility index (Phi) is 5.71. The van der Waals surface area contributed by atoms with E-state index < -0.39 is 52.0 Å². The fourth-order valence-corrected chi connectivity index (χ4v) is 1.68. The van der Waals surface area contributed by atoms with E-state index in [4.69, 9.17) is 0 Å². The van der Waals surface area contributed by atoms with Crippen LogP contribution in [0.4, 0.5) is 65.9 Å². The Morgan fingerprint density at radius 3 is 0.958 bits per heavy atom. The molecular formula is C7ClF15S. The predicted octanol–water partition coefficient (Wildman–Crippen LogP) is 6.21. The van der Waals surface area contributed by atoms with Crippen LogP contribution in [-0.2, 0) is 0 Å². The molecule has 0 saturated heterocycles. The van der Waals surface area contributed by atoms with Crippen molar-refractivity contribution < 1.29 is 65.9 Å². The van der Waals surface area contributed by atoms with Crippen molar-refractivity contribution >= 4 is 21.7 Å². The molecule has 0 aliphatic carbocycles. The monoisotopic (exact) mass is 436 g/mol. The minimum Gasteiger partial charge on any atom is -0.216 e. The van der Waals surface area contributed by atoms with Gasteiger partial charge in [0.2, 0.25) is 0 Å². The average Bonchev–Trinajstić information content (AvgIpc) is 2.33. The minimum absolute atomic E-state index is 2.11. The van der Waals surface area contributed by atoms with Crippen molar-refractivity contribution in [3.05, 3.63) is 0 Å². The summed E-state index contributed by atoms with van der Waals surface area (Å²) in [5.74, 6) is -24.2. The number of halogens is 16. The highest BCUT2D eigenvalue weighted by atomic mass is 35.7. The molecule has 0 atom stereocenters. The van der Waals surface area contributed by atoms with Gasteiger partial charge in [0.15, 0.2) is 0 Å². The molecule has 0 aliphatic rings. The molecule has 0 aromatic carbocycles. The first-order chi connectivity index (χ1) is 10.1. The summed E-state index contributed by atoms with van der Waals surface area (Å²) in [4.78, 5) is 0. The third-order valence-electron chi connectivity index (χ3n) is 2.46. The molecule has 0 radical (unpaired) electrons. The van der Waals surface area contributed by atoms with E-state index in [0.717, 1.165) is 0 Å². The molecule has 0 unspecified atom stereocenters. The first-order valence-corrected chi connectivity index (χ1v) is 6.34. The van der Waals surface area contributed by atoms with Crippen LogP contribution in [-0.4, -0.2) is 41.0 Å². The first kappa shape index (κ1) is 23.6. The molecule has 146 valence electrons. The van der Waals surface area contributed by atoms with Gasteiger partial charge < -0.3 is 0 Å². The quantitative estimate of drug-likeness (QED) is 0.462. The largest absolute Gasteiger partial charge is 0.438 e. The van der Waals surface area contributed by atoms with E-state index in [-0.39, 0.29) is 0 Å². The average molecular weight is 437 g/mol. The van der Waals surface area contributed by atoms with E-state index in [1.54, 1.807) is 0 Å². The maximum atomic E-state index is 13.0. The number of hydrogen-bond acceptors (Lipinski definition) is 1. The minimum atomic E-state index is -8.39. The zero-order chi connectivity index (χ0) is 20.2. The Morgan fingerprint density at radius 1 is 0.458 bits per heavy atom. The van der Waals surface area contributed by atoms with E-state index in [1.807, 2.05) is 0 Å². The lowest BCUT2D eigenvalue weighted by Crippen LogP contribution is -2.75. The molecule has 0 spiro atoms. The topological polar surface area (TPSA) is 0 Å². The van der Waals surface area contributed by atoms with Gasteiger partial charge in [-0.2, -0.15) is 61.5 Å². The lowest BCUT2D eigenvalue weighted by atomic mass is 9.87. The fourth-order valence-electron chi connectivity index (χ4n) is 1.16. The Bertz CT molecular complexity index is 447. The van der Waals surface area contributed by atoms with E-state index in [0.29, 0.717) is 0 Å². The highest BCUT2D eigenvalue weighted by molar-refractivity contribution is 8.21. The smallest absolute Gasteiger partial charge is 0.216 e. The fraction of sp³-hybridized carbons (Fsp3) is 1.00. The highest BCUT2D eigenvalue weighted by Gasteiger charge is 2.95. The summed E-state index contributed by atoms with van der Waals surface area (Å²) in [6, 6.07) is 0. The van der Waals surface area contributed by atoms with Crippen molar-refractivity contribution in [3.8, 4) is 0 Å². The first-order valence-electron chi connectivity index (χ1n) is 4.69. The van der Waals surface area contributed by atoms with E-state index in [2.05, 4.69) is 10.7 Å². The van der Waals surface area contributed by atoms with Gasteiger partial charge in [-0.15, -0.1) is 0 Å². The molecule has 17 heteroatoms. The van der Waals surface area contributed by atoms with Crippen molar-refractivity contribution in [2.45, 2.75) is 41.0 Å². The SMILES string of the molecule is FC(F)(F)C(F)(C(F)(F)F)C(F)(F)C(F)(F)C(F)(F)C(F)(F)SCl. The third kappa shape index (κ3) is 2.86. The van der Waals surface area contributed by atoms with Gasteiger partial charge in [0, 0.05) is 11.0 Å². The molecule has 0 saturated carbocycles. The van der Waals surface area contributed by atoms with Crippen LogP contribution in [0.2, 0.25) is 0 Å². The zero-order valence-electron chi connectivity index (χ0n) is 9.96. The van der Waals surface area contributed by atoms with Crippen molar-refractivity contribution in [3.63, 3.8) is 0 Å². The van der Waals surface area contributed by atoms with Crippen LogP contribution in [0.1, 0.15) is 0 Å². The van der Waals surface area contributed by atoms with E-state index in [1.165, 1.54) is 0 Å². The molecule has 0 aromatic heterocycles. The molecule has 0 rings (SSSR count). The van der Waals surface area contributed by atoms with Crippen molar-refractivity contribution in [1.82, 2.24) is 0 Å². The van der Waals surface area contributed by atoms with Crippen molar-refractivity contribution in [2.24, 2.45) is 0 Å². The Balaban J connectivity index is 6.68. The molecule has 0 amide bonds. The van der Waals surface area contributed by atoms with Crippen LogP contribution in [0.25, 0.3) is 0 Å². The molecule has 24 heavy (non-hydrogen) atoms. The standard InChI is InChI=1S/C7ClF15S/c8-24-7(22,23)4(14,15)3(12,13)2(10,11)1(9,5(16,17)18)6(19,20)21. The third-order valence-corrected chi connectivity index (χ3v) is 3.50. The summed E-state index contributed by atoms with van der Waals surface area (Å²) < 4.78 is 188. The van der Waals surface area contributed by atoms with Crippen LogP contribution in [0.15, 0.2) is 0 Å². The van der Waals surface area contributed by atoms with Gasteiger partial charge in [0.1, 0.15) is 0 Å². The number of alkyl halides is 15. The Hall–Kier alpha value is -0.410. The lowest BCUT2D eigenvalue weighted by Gasteiger charge is -2.42. The molecule has 0 nitrogen and oxygen atoms in total. The van der Waals surface area contributed by atoms with Crippen LogP contribution in [0.5, 0.6) is 0 Å². The molecule has 0 heterocycles. The molecule has 0 bridgehead atoms. The molecular weight excluding hydrogens is 437 g/mol. The van der Waals surface area contributed by atoms with Gasteiger partial charge in [-0.05, 0) is 10.7 Å². The summed E-state index contributed by atoms with van der Waals surface area (Å²) in [6.07, 6.45) is -15.8. The highest BCUT2D eigenvalue weighted by Crippen LogP contribution is 2.65. The van der Waals surface area contributed by atoms with Gasteiger partial charge in [0.25, 0.3) is 0 Å². The summed E-state index contributed by atoms with van der Waals surface area (Å²) in [6.45, 7) is 0. The van der Waals surface area contributed by atoms with Crippen LogP contribution in [0, 0.1) is 0 Å². The summed E-state index contributed by atoms with van der Waals surface area (Å²) in [5.41, 5.74) is -8.27. The molecule has 0 aliphatic heterocycles. The van der Waals surface area contributed by atoms with Crippen LogP contribution in [0.3, 0.4) is 0 Å². The molecule has 0 fully saturated rings. The summed E-state index contributed by atoms with van der Waals surface area (Å²) in [7, 11) is 1.89. The van der Waals surface area contributed by atoms with E-state index >= 15 is 0 Å². The Morgan fingerprint density at radius 2 is 0.750 bits per heavy atom. The maximum absolute atomic E-state index is 13.0. The maximum Gasteiger partial charge on any atom is 0.438 e. The Labute approximate surface area is 129 Å². The number of rotatable bonds is 5. The normalized spacial score (nSPS) is 16.5. The second-order valence-corrected chi connectivity index (χ2v) is 5.10. The molecule has 0 N–H and O–H groups in total. The lowest BCUT2D eigenvalue weighted by molar-refractivity contribution is -0.452. The van der Waals surface area contributed by atoms with Crippen LogP contribution < -0.4 is 0 Å². The van der Waals surface area contributed by atoms with Gasteiger partial charge in [-0.25, -0.2) is 4.39 Å². The number of hydrogen-bond donors (Lipinski definition) is 0. The molecule has 0 aromatic rings. The predicted molar refractivity (Wildman–Crippen MR) is 49.2 cm³/mol. The second kappa shape index (κ2) is 5.81. The summed E-state index contributed by atoms with van der Waals surface area (Å²) in [5, 5.41) is -6.49. The van der Waals surface area contributed by atoms with Gasteiger partial charge in [0.05, 0.1) is 0 Å². The van der Waals surface area contributed by atoms with Crippen LogP contribution >= 0.6 is 21.7 Å². The van der Waals surface area contributed by atoms with E-state index in [9.17, 15) is 65.9 Å². The van der Waals surface area contributed by atoms with Crippen molar-refractivity contribution in [1.29, 1.82) is 0 Å². The van der Waals surface area contributed by atoms with Crippen molar-refractivity contribution in [2.75, 3.05) is 0 Å². The van der Waals surface area contributed by atoms with Gasteiger partial charge in [-0.3, -0.25) is 0 Å². The zero-order valence-corrected chi connectivity index (χ0v) is 11.5. The summed E-state index contributed by atoms with van der Waals surface area (Å²) >= 11 is 0. The van der Waals surface area contributed by atoms with Gasteiger partial charge >= 0.3 is 41.0 Å².